The molecule has 0 aliphatic rings. The molecule has 0 aliphatic carbocycles. The molecule has 0 bridgehead atoms. The van der Waals surface area contributed by atoms with E-state index in [4.69, 9.17) is 11.6 Å². The van der Waals surface area contributed by atoms with Gasteiger partial charge in [0.25, 0.3) is 0 Å². The maximum absolute atomic E-state index is 5.93. The van der Waals surface area contributed by atoms with Crippen LogP contribution >= 0.6 is 11.6 Å². The van der Waals surface area contributed by atoms with Crippen molar-refractivity contribution in [1.82, 2.24) is 4.90 Å². The van der Waals surface area contributed by atoms with Crippen LogP contribution in [0.1, 0.15) is 24.1 Å². The summed E-state index contributed by atoms with van der Waals surface area (Å²) in [5.41, 5.74) is 2.67. The van der Waals surface area contributed by atoms with Gasteiger partial charge in [0.05, 0.1) is 0 Å². The predicted molar refractivity (Wildman–Crippen MR) is 63.0 cm³/mol. The van der Waals surface area contributed by atoms with Crippen molar-refractivity contribution in [2.75, 3.05) is 20.0 Å². The first kappa shape index (κ1) is 11.5. The molecule has 1 unspecified atom stereocenters. The molecule has 0 saturated carbocycles. The molecule has 1 nitrogen and oxygen atoms in total. The molecule has 0 amide bonds. The Hall–Kier alpha value is -0.530. The van der Waals surface area contributed by atoms with Crippen molar-refractivity contribution in [3.05, 3.63) is 35.4 Å². The van der Waals surface area contributed by atoms with Crippen LogP contribution in [0.5, 0.6) is 0 Å². The van der Waals surface area contributed by atoms with Crippen LogP contribution < -0.4 is 0 Å². The summed E-state index contributed by atoms with van der Waals surface area (Å²) in [5, 5.41) is 0. The number of aryl methyl sites for hydroxylation is 1. The number of hydrogen-bond acceptors (Lipinski definition) is 1. The predicted octanol–water partition coefficient (Wildman–Crippen LogP) is 3.09. The van der Waals surface area contributed by atoms with Gasteiger partial charge in [-0.25, -0.2) is 0 Å². The average molecular weight is 212 g/mol. The molecule has 78 valence electrons. The number of halogens is 1. The van der Waals surface area contributed by atoms with Crippen molar-refractivity contribution in [2.24, 2.45) is 0 Å². The fourth-order valence-electron chi connectivity index (χ4n) is 1.50. The lowest BCUT2D eigenvalue weighted by Gasteiger charge is -2.22. The maximum atomic E-state index is 5.93. The summed E-state index contributed by atoms with van der Waals surface area (Å²) in [6.07, 6.45) is 1.09. The van der Waals surface area contributed by atoms with E-state index in [1.54, 1.807) is 0 Å². The monoisotopic (exact) mass is 211 g/mol. The van der Waals surface area contributed by atoms with Crippen LogP contribution in [-0.2, 0) is 6.42 Å². The number of rotatable bonds is 4. The van der Waals surface area contributed by atoms with Crippen molar-refractivity contribution in [3.8, 4) is 0 Å². The third-order valence-electron chi connectivity index (χ3n) is 2.54. The number of hydrogen-bond donors (Lipinski definition) is 0. The van der Waals surface area contributed by atoms with Crippen molar-refractivity contribution < 1.29 is 0 Å². The van der Waals surface area contributed by atoms with Crippen molar-refractivity contribution in [1.29, 1.82) is 0 Å². The van der Waals surface area contributed by atoms with E-state index in [1.807, 2.05) is 0 Å². The van der Waals surface area contributed by atoms with Crippen LogP contribution in [-0.4, -0.2) is 24.9 Å². The summed E-state index contributed by atoms with van der Waals surface area (Å²) < 4.78 is 0. The molecule has 0 N–H and O–H groups in total. The van der Waals surface area contributed by atoms with Crippen LogP contribution in [0.4, 0.5) is 0 Å². The van der Waals surface area contributed by atoms with Crippen LogP contribution in [0.3, 0.4) is 0 Å². The summed E-state index contributed by atoms with van der Waals surface area (Å²) in [6.45, 7) is 2.17. The number of alkyl halides is 1. The van der Waals surface area contributed by atoms with Gasteiger partial charge in [0.2, 0.25) is 0 Å². The third-order valence-corrected chi connectivity index (χ3v) is 2.83. The Labute approximate surface area is 91.7 Å². The highest BCUT2D eigenvalue weighted by Crippen LogP contribution is 2.20. The minimum atomic E-state index is 0.322. The van der Waals surface area contributed by atoms with Gasteiger partial charge in [0.15, 0.2) is 0 Å². The van der Waals surface area contributed by atoms with Crippen molar-refractivity contribution in [3.63, 3.8) is 0 Å². The van der Waals surface area contributed by atoms with Crippen LogP contribution in [0.2, 0.25) is 0 Å². The molecule has 0 aromatic heterocycles. The fourth-order valence-corrected chi connectivity index (χ4v) is 1.95. The molecule has 1 atom stereocenters. The largest absolute Gasteiger partial charge is 0.301 e. The van der Waals surface area contributed by atoms with Gasteiger partial charge < -0.3 is 4.90 Å². The maximum Gasteiger partial charge on any atom is 0.0477 e. The smallest absolute Gasteiger partial charge is 0.0477 e. The molecular formula is C12H18ClN. The molecule has 0 fully saturated rings. The second-order valence-corrected chi connectivity index (χ2v) is 4.04. The molecule has 1 rings (SSSR count). The SMILES string of the molecule is CCc1ccc(C(CCl)N(C)C)cc1. The topological polar surface area (TPSA) is 3.24 Å². The van der Waals surface area contributed by atoms with Crippen LogP contribution in [0.25, 0.3) is 0 Å². The van der Waals surface area contributed by atoms with Crippen molar-refractivity contribution >= 4 is 11.6 Å². The molecule has 0 spiro atoms. The minimum Gasteiger partial charge on any atom is -0.301 e. The Morgan fingerprint density at radius 3 is 2.14 bits per heavy atom. The normalized spacial score (nSPS) is 13.2. The van der Waals surface area contributed by atoms with E-state index in [2.05, 4.69) is 50.2 Å². The average Bonchev–Trinajstić information content (AvgIpc) is 2.19. The lowest BCUT2D eigenvalue weighted by atomic mass is 10.0. The third kappa shape index (κ3) is 2.73. The van der Waals surface area contributed by atoms with E-state index < -0.39 is 0 Å². The molecule has 1 aromatic carbocycles. The van der Waals surface area contributed by atoms with Crippen LogP contribution in [0, 0.1) is 0 Å². The summed E-state index contributed by atoms with van der Waals surface area (Å²) in [6, 6.07) is 9.02. The zero-order chi connectivity index (χ0) is 10.6. The summed E-state index contributed by atoms with van der Waals surface area (Å²) in [4.78, 5) is 2.15. The van der Waals surface area contributed by atoms with Gasteiger partial charge in [0, 0.05) is 11.9 Å². The van der Waals surface area contributed by atoms with E-state index in [9.17, 15) is 0 Å². The van der Waals surface area contributed by atoms with E-state index in [0.29, 0.717) is 11.9 Å². The minimum absolute atomic E-state index is 0.322. The Bertz CT molecular complexity index is 266. The molecule has 0 aliphatic heterocycles. The van der Waals surface area contributed by atoms with Gasteiger partial charge in [-0.05, 0) is 31.6 Å². The standard InChI is InChI=1S/C12H18ClN/c1-4-10-5-7-11(8-6-10)12(9-13)14(2)3/h5-8,12H,4,9H2,1-3H3. The first-order valence-corrected chi connectivity index (χ1v) is 5.53. The molecule has 0 heterocycles. The lowest BCUT2D eigenvalue weighted by Crippen LogP contribution is -2.21. The van der Waals surface area contributed by atoms with E-state index >= 15 is 0 Å². The summed E-state index contributed by atoms with van der Waals surface area (Å²) in [5.74, 6) is 0.637. The molecule has 14 heavy (non-hydrogen) atoms. The second kappa shape index (κ2) is 5.38. The number of nitrogens with zero attached hydrogens (tertiary/aromatic N) is 1. The zero-order valence-electron chi connectivity index (χ0n) is 9.13. The van der Waals surface area contributed by atoms with Crippen molar-refractivity contribution in [2.45, 2.75) is 19.4 Å². The first-order valence-electron chi connectivity index (χ1n) is 5.00. The lowest BCUT2D eigenvalue weighted by molar-refractivity contribution is 0.324. The number of benzene rings is 1. The highest BCUT2D eigenvalue weighted by atomic mass is 35.5. The summed E-state index contributed by atoms with van der Waals surface area (Å²) in [7, 11) is 4.11. The fraction of sp³-hybridized carbons (Fsp3) is 0.500. The Kier molecular flexibility index (Phi) is 4.43. The molecule has 0 radical (unpaired) electrons. The zero-order valence-corrected chi connectivity index (χ0v) is 9.88. The Balaban J connectivity index is 2.84. The molecule has 0 saturated heterocycles. The van der Waals surface area contributed by atoms with E-state index in [0.717, 1.165) is 6.42 Å². The second-order valence-electron chi connectivity index (χ2n) is 3.73. The Morgan fingerprint density at radius 2 is 1.79 bits per heavy atom. The quantitative estimate of drug-likeness (QED) is 0.692. The van der Waals surface area contributed by atoms with Gasteiger partial charge in [-0.3, -0.25) is 0 Å². The summed E-state index contributed by atoms with van der Waals surface area (Å²) >= 11 is 5.93. The van der Waals surface area contributed by atoms with Gasteiger partial charge in [-0.1, -0.05) is 31.2 Å². The van der Waals surface area contributed by atoms with Gasteiger partial charge >= 0.3 is 0 Å². The van der Waals surface area contributed by atoms with Gasteiger partial charge in [-0.15, -0.1) is 11.6 Å². The van der Waals surface area contributed by atoms with Gasteiger partial charge in [-0.2, -0.15) is 0 Å². The van der Waals surface area contributed by atoms with Gasteiger partial charge in [0.1, 0.15) is 0 Å². The molecule has 2 heteroatoms. The van der Waals surface area contributed by atoms with Crippen LogP contribution in [0.15, 0.2) is 24.3 Å². The van der Waals surface area contributed by atoms with E-state index in [-0.39, 0.29) is 0 Å². The molecular weight excluding hydrogens is 194 g/mol. The molecule has 1 aromatic rings. The highest BCUT2D eigenvalue weighted by molar-refractivity contribution is 6.18. The van der Waals surface area contributed by atoms with E-state index in [1.165, 1.54) is 11.1 Å². The highest BCUT2D eigenvalue weighted by Gasteiger charge is 2.11. The first-order chi connectivity index (χ1) is 6.69. The Morgan fingerprint density at radius 1 is 1.21 bits per heavy atom.